The minimum atomic E-state index is -0.250. The van der Waals surface area contributed by atoms with Crippen molar-refractivity contribution in [2.45, 2.75) is 59.3 Å². The molecule has 0 aromatic heterocycles. The van der Waals surface area contributed by atoms with Crippen molar-refractivity contribution >= 4 is 6.47 Å². The Morgan fingerprint density at radius 3 is 1.29 bits per heavy atom. The van der Waals surface area contributed by atoms with Gasteiger partial charge in [-0.25, -0.2) is 0 Å². The van der Waals surface area contributed by atoms with Crippen molar-refractivity contribution in [1.82, 2.24) is 0 Å². The van der Waals surface area contributed by atoms with E-state index in [2.05, 4.69) is 27.8 Å². The van der Waals surface area contributed by atoms with Gasteiger partial charge < -0.3 is 9.59 Å². The molecular formula is C14H32NO2+. The fraction of sp³-hybridized carbons (Fsp3) is 0.929. The van der Waals surface area contributed by atoms with Crippen molar-refractivity contribution in [2.24, 2.45) is 0 Å². The molecule has 0 aliphatic rings. The van der Waals surface area contributed by atoms with Crippen molar-refractivity contribution in [1.29, 1.82) is 0 Å². The molecule has 0 aromatic rings. The van der Waals surface area contributed by atoms with E-state index in [1.54, 1.807) is 0 Å². The van der Waals surface area contributed by atoms with Gasteiger partial charge in [-0.2, -0.15) is 0 Å². The minimum absolute atomic E-state index is 0.250. The summed E-state index contributed by atoms with van der Waals surface area (Å²) in [5, 5.41) is 6.89. The van der Waals surface area contributed by atoms with Crippen molar-refractivity contribution < 1.29 is 14.4 Å². The molecule has 3 nitrogen and oxygen atoms in total. The molecule has 0 aliphatic carbocycles. The number of unbranched alkanes of at least 4 members (excludes halogenated alkanes) is 3. The molecule has 0 heterocycles. The van der Waals surface area contributed by atoms with Gasteiger partial charge >= 0.3 is 0 Å². The van der Waals surface area contributed by atoms with E-state index in [9.17, 15) is 0 Å². The minimum Gasteiger partial charge on any atom is -0.483 e. The van der Waals surface area contributed by atoms with Gasteiger partial charge in [0.05, 0.1) is 26.7 Å². The van der Waals surface area contributed by atoms with Gasteiger partial charge in [-0.3, -0.25) is 4.79 Å². The predicted octanol–water partition coefficient (Wildman–Crippen LogP) is 3.53. The zero-order chi connectivity index (χ0) is 13.6. The molecule has 0 amide bonds. The third kappa shape index (κ3) is 13.4. The molecule has 104 valence electrons. The van der Waals surface area contributed by atoms with Crippen LogP contribution in [0.25, 0.3) is 0 Å². The van der Waals surface area contributed by atoms with Crippen LogP contribution in [0.5, 0.6) is 0 Å². The Labute approximate surface area is 107 Å². The molecule has 1 N–H and O–H groups in total. The second-order valence-corrected chi connectivity index (χ2v) is 4.96. The molecule has 0 saturated carbocycles. The maximum absolute atomic E-state index is 8.36. The number of hydrogen-bond acceptors (Lipinski definition) is 1. The number of carboxylic acid groups (broad SMARTS) is 1. The SMILES string of the molecule is CCCC[N+](C)(CCCC)CCCC.O=CO. The van der Waals surface area contributed by atoms with Crippen molar-refractivity contribution in [3.8, 4) is 0 Å². The Morgan fingerprint density at radius 2 is 1.12 bits per heavy atom. The van der Waals surface area contributed by atoms with E-state index in [-0.39, 0.29) is 6.47 Å². The lowest BCUT2D eigenvalue weighted by Crippen LogP contribution is -2.46. The fourth-order valence-corrected chi connectivity index (χ4v) is 1.95. The van der Waals surface area contributed by atoms with E-state index in [1.807, 2.05) is 0 Å². The van der Waals surface area contributed by atoms with Crippen molar-refractivity contribution in [3.63, 3.8) is 0 Å². The monoisotopic (exact) mass is 246 g/mol. The molecule has 0 radical (unpaired) electrons. The molecule has 17 heavy (non-hydrogen) atoms. The van der Waals surface area contributed by atoms with Crippen LogP contribution < -0.4 is 0 Å². The average Bonchev–Trinajstić information content (AvgIpc) is 2.33. The standard InChI is InChI=1S/C13H30N.CH2O2/c1-5-8-11-14(4,12-9-6-2)13-10-7-3;2-1-3/h5-13H2,1-4H3;1H,(H,2,3)/q+1;. The Hall–Kier alpha value is -0.570. The van der Waals surface area contributed by atoms with E-state index in [0.29, 0.717) is 0 Å². The predicted molar refractivity (Wildman–Crippen MR) is 74.2 cm³/mol. The van der Waals surface area contributed by atoms with Gasteiger partial charge in [0.1, 0.15) is 0 Å². The number of nitrogens with zero attached hydrogens (tertiary/aromatic N) is 1. The third-order valence-electron chi connectivity index (χ3n) is 3.15. The highest BCUT2D eigenvalue weighted by atomic mass is 16.3. The van der Waals surface area contributed by atoms with Crippen molar-refractivity contribution in [2.75, 3.05) is 26.7 Å². The van der Waals surface area contributed by atoms with E-state index < -0.39 is 0 Å². The summed E-state index contributed by atoms with van der Waals surface area (Å²) in [6, 6.07) is 0. The molecule has 0 spiro atoms. The summed E-state index contributed by atoms with van der Waals surface area (Å²) >= 11 is 0. The second-order valence-electron chi connectivity index (χ2n) is 4.96. The molecule has 0 saturated heterocycles. The zero-order valence-corrected chi connectivity index (χ0v) is 12.2. The molecule has 0 unspecified atom stereocenters. The fourth-order valence-electron chi connectivity index (χ4n) is 1.95. The van der Waals surface area contributed by atoms with Crippen LogP contribution in [0.2, 0.25) is 0 Å². The third-order valence-corrected chi connectivity index (χ3v) is 3.15. The van der Waals surface area contributed by atoms with Crippen LogP contribution in [0.3, 0.4) is 0 Å². The lowest BCUT2D eigenvalue weighted by atomic mass is 10.2. The molecular weight excluding hydrogens is 214 g/mol. The Morgan fingerprint density at radius 1 is 0.882 bits per heavy atom. The van der Waals surface area contributed by atoms with Gasteiger partial charge in [0, 0.05) is 0 Å². The van der Waals surface area contributed by atoms with Gasteiger partial charge in [0.25, 0.3) is 6.47 Å². The highest BCUT2D eigenvalue weighted by Crippen LogP contribution is 2.10. The van der Waals surface area contributed by atoms with Crippen LogP contribution in [0, 0.1) is 0 Å². The van der Waals surface area contributed by atoms with E-state index in [0.717, 1.165) is 0 Å². The van der Waals surface area contributed by atoms with Crippen LogP contribution in [0.1, 0.15) is 59.3 Å². The van der Waals surface area contributed by atoms with Gasteiger partial charge in [-0.1, -0.05) is 40.0 Å². The Balaban J connectivity index is 0. The maximum Gasteiger partial charge on any atom is 0.290 e. The molecule has 0 bridgehead atoms. The smallest absolute Gasteiger partial charge is 0.290 e. The normalized spacial score (nSPS) is 10.6. The summed E-state index contributed by atoms with van der Waals surface area (Å²) < 4.78 is 1.32. The average molecular weight is 246 g/mol. The zero-order valence-electron chi connectivity index (χ0n) is 12.2. The lowest BCUT2D eigenvalue weighted by Gasteiger charge is -2.34. The van der Waals surface area contributed by atoms with Gasteiger partial charge in [-0.15, -0.1) is 0 Å². The van der Waals surface area contributed by atoms with Crippen LogP contribution in [-0.2, 0) is 4.79 Å². The Kier molecular flexibility index (Phi) is 14.9. The van der Waals surface area contributed by atoms with E-state index >= 15 is 0 Å². The van der Waals surface area contributed by atoms with Gasteiger partial charge in [0.2, 0.25) is 0 Å². The van der Waals surface area contributed by atoms with Crippen LogP contribution in [0.4, 0.5) is 0 Å². The van der Waals surface area contributed by atoms with E-state index in [1.165, 1.54) is 62.6 Å². The summed E-state index contributed by atoms with van der Waals surface area (Å²) in [6.45, 7) is 10.8. The summed E-state index contributed by atoms with van der Waals surface area (Å²) in [4.78, 5) is 8.36. The first-order valence-corrected chi connectivity index (χ1v) is 7.01. The molecule has 0 aliphatic heterocycles. The summed E-state index contributed by atoms with van der Waals surface area (Å²) in [5.41, 5.74) is 0. The van der Waals surface area contributed by atoms with Crippen LogP contribution in [0.15, 0.2) is 0 Å². The second kappa shape index (κ2) is 13.5. The van der Waals surface area contributed by atoms with Gasteiger partial charge in [0.15, 0.2) is 0 Å². The molecule has 0 rings (SSSR count). The van der Waals surface area contributed by atoms with Crippen LogP contribution >= 0.6 is 0 Å². The number of quaternary nitrogens is 1. The first-order valence-electron chi connectivity index (χ1n) is 7.01. The molecule has 0 atom stereocenters. The summed E-state index contributed by atoms with van der Waals surface area (Å²) in [5.74, 6) is 0. The molecule has 3 heteroatoms. The lowest BCUT2D eigenvalue weighted by molar-refractivity contribution is -0.910. The first kappa shape index (κ1) is 18.8. The first-order chi connectivity index (χ1) is 8.10. The summed E-state index contributed by atoms with van der Waals surface area (Å²) in [7, 11) is 2.45. The molecule has 0 fully saturated rings. The highest BCUT2D eigenvalue weighted by Gasteiger charge is 2.18. The van der Waals surface area contributed by atoms with Gasteiger partial charge in [-0.05, 0) is 19.3 Å². The largest absolute Gasteiger partial charge is 0.483 e. The number of carbonyl (C=O) groups is 1. The van der Waals surface area contributed by atoms with Crippen LogP contribution in [-0.4, -0.2) is 42.7 Å². The number of rotatable bonds is 9. The quantitative estimate of drug-likeness (QED) is 0.499. The van der Waals surface area contributed by atoms with Crippen molar-refractivity contribution in [3.05, 3.63) is 0 Å². The topological polar surface area (TPSA) is 37.3 Å². The molecule has 0 aromatic carbocycles. The van der Waals surface area contributed by atoms with E-state index in [4.69, 9.17) is 9.90 Å². The highest BCUT2D eigenvalue weighted by molar-refractivity contribution is 5.32. The Bertz CT molecular complexity index is 139. The maximum atomic E-state index is 8.36. The summed E-state index contributed by atoms with van der Waals surface area (Å²) in [6.07, 6.45) is 8.20. The number of hydrogen-bond donors (Lipinski definition) is 1.